The lowest BCUT2D eigenvalue weighted by atomic mass is 10.1. The van der Waals surface area contributed by atoms with Crippen molar-refractivity contribution in [3.63, 3.8) is 0 Å². The van der Waals surface area contributed by atoms with Crippen molar-refractivity contribution in [3.05, 3.63) is 65.2 Å². The Morgan fingerprint density at radius 1 is 1.00 bits per heavy atom. The molecular formula is C17H19F3NO+. The van der Waals surface area contributed by atoms with Crippen LogP contribution < -0.4 is 10.1 Å². The first-order valence-corrected chi connectivity index (χ1v) is 7.10. The molecule has 0 radical (unpaired) electrons. The molecule has 0 aromatic heterocycles. The second-order valence-corrected chi connectivity index (χ2v) is 5.08. The second-order valence-electron chi connectivity index (χ2n) is 5.08. The maximum absolute atomic E-state index is 12.5. The summed E-state index contributed by atoms with van der Waals surface area (Å²) in [6, 6.07) is 13.2. The first-order valence-electron chi connectivity index (χ1n) is 7.10. The van der Waals surface area contributed by atoms with Gasteiger partial charge in [-0.25, -0.2) is 0 Å². The smallest absolute Gasteiger partial charge is 0.416 e. The lowest BCUT2D eigenvalue weighted by Crippen LogP contribution is -2.83. The number of rotatable bonds is 6. The third-order valence-corrected chi connectivity index (χ3v) is 3.43. The van der Waals surface area contributed by atoms with Gasteiger partial charge in [0.05, 0.1) is 19.2 Å². The standard InChI is InChI=1S/C17H18F3NO/c1-22-16-4-2-3-13(11-16)9-10-21-12-14-5-7-15(8-6-14)17(18,19)20/h2-8,11,21H,9-10,12H2,1H3/p+1. The van der Waals surface area contributed by atoms with E-state index >= 15 is 0 Å². The molecule has 118 valence electrons. The number of methoxy groups -OCH3 is 1. The molecule has 2 nitrogen and oxygen atoms in total. The molecule has 2 aromatic carbocycles. The Labute approximate surface area is 127 Å². The van der Waals surface area contributed by atoms with Gasteiger partial charge in [-0.3, -0.25) is 0 Å². The van der Waals surface area contributed by atoms with Crippen molar-refractivity contribution in [2.24, 2.45) is 0 Å². The Balaban J connectivity index is 1.79. The number of benzene rings is 2. The minimum atomic E-state index is -4.27. The highest BCUT2D eigenvalue weighted by Gasteiger charge is 2.29. The highest BCUT2D eigenvalue weighted by atomic mass is 19.4. The van der Waals surface area contributed by atoms with Crippen molar-refractivity contribution in [2.45, 2.75) is 19.1 Å². The fourth-order valence-corrected chi connectivity index (χ4v) is 2.20. The molecule has 2 aromatic rings. The number of hydrogen-bond donors (Lipinski definition) is 1. The lowest BCUT2D eigenvalue weighted by molar-refractivity contribution is -0.670. The number of hydrogen-bond acceptors (Lipinski definition) is 1. The van der Waals surface area contributed by atoms with E-state index in [1.807, 2.05) is 24.3 Å². The van der Waals surface area contributed by atoms with Crippen LogP contribution in [0.25, 0.3) is 0 Å². The van der Waals surface area contributed by atoms with Crippen LogP contribution in [0.4, 0.5) is 13.2 Å². The van der Waals surface area contributed by atoms with Crippen LogP contribution in [0.3, 0.4) is 0 Å². The molecule has 2 N–H and O–H groups in total. The van der Waals surface area contributed by atoms with Crippen LogP contribution in [0.5, 0.6) is 5.75 Å². The van der Waals surface area contributed by atoms with Gasteiger partial charge < -0.3 is 10.1 Å². The minimum Gasteiger partial charge on any atom is -0.497 e. The highest BCUT2D eigenvalue weighted by Crippen LogP contribution is 2.28. The summed E-state index contributed by atoms with van der Waals surface area (Å²) in [6.45, 7) is 1.54. The first kappa shape index (κ1) is 16.4. The van der Waals surface area contributed by atoms with Crippen LogP contribution in [0.15, 0.2) is 48.5 Å². The second kappa shape index (κ2) is 7.31. The fraction of sp³-hybridized carbons (Fsp3) is 0.294. The van der Waals surface area contributed by atoms with E-state index in [-0.39, 0.29) is 0 Å². The van der Waals surface area contributed by atoms with Gasteiger partial charge in [-0.2, -0.15) is 13.2 Å². The molecule has 0 fully saturated rings. The zero-order valence-electron chi connectivity index (χ0n) is 12.4. The monoisotopic (exact) mass is 310 g/mol. The molecule has 0 aliphatic carbocycles. The summed E-state index contributed by atoms with van der Waals surface area (Å²) in [5.74, 6) is 0.834. The van der Waals surface area contributed by atoms with E-state index in [0.717, 1.165) is 36.4 Å². The lowest BCUT2D eigenvalue weighted by Gasteiger charge is -2.07. The maximum atomic E-state index is 12.5. The van der Waals surface area contributed by atoms with Crippen LogP contribution in [0.1, 0.15) is 16.7 Å². The van der Waals surface area contributed by atoms with Gasteiger partial charge in [0.15, 0.2) is 0 Å². The average molecular weight is 310 g/mol. The van der Waals surface area contributed by atoms with Gasteiger partial charge in [0.25, 0.3) is 0 Å². The van der Waals surface area contributed by atoms with Crippen molar-refractivity contribution >= 4 is 0 Å². The van der Waals surface area contributed by atoms with Gasteiger partial charge >= 0.3 is 6.18 Å². The van der Waals surface area contributed by atoms with Crippen molar-refractivity contribution in [1.82, 2.24) is 0 Å². The number of nitrogens with two attached hydrogens (primary N) is 1. The largest absolute Gasteiger partial charge is 0.497 e. The molecular weight excluding hydrogens is 291 g/mol. The molecule has 0 saturated heterocycles. The summed E-state index contributed by atoms with van der Waals surface area (Å²) in [4.78, 5) is 0. The van der Waals surface area contributed by atoms with E-state index in [1.54, 1.807) is 7.11 Å². The molecule has 0 atom stereocenters. The first-order chi connectivity index (χ1) is 10.5. The number of halogens is 3. The summed E-state index contributed by atoms with van der Waals surface area (Å²) < 4.78 is 42.5. The third-order valence-electron chi connectivity index (χ3n) is 3.43. The molecule has 0 aliphatic heterocycles. The Bertz CT molecular complexity index is 594. The maximum Gasteiger partial charge on any atom is 0.416 e. The molecule has 0 bridgehead atoms. The zero-order chi connectivity index (χ0) is 16.0. The van der Waals surface area contributed by atoms with E-state index < -0.39 is 11.7 Å². The number of quaternary nitrogens is 1. The van der Waals surface area contributed by atoms with Crippen molar-refractivity contribution in [2.75, 3.05) is 13.7 Å². The van der Waals surface area contributed by atoms with E-state index in [1.165, 1.54) is 17.7 Å². The van der Waals surface area contributed by atoms with Crippen LogP contribution in [-0.2, 0) is 19.1 Å². The Morgan fingerprint density at radius 2 is 1.73 bits per heavy atom. The third kappa shape index (κ3) is 4.77. The van der Waals surface area contributed by atoms with Crippen LogP contribution in [0.2, 0.25) is 0 Å². The summed E-state index contributed by atoms with van der Waals surface area (Å²) >= 11 is 0. The molecule has 2 rings (SSSR count). The summed E-state index contributed by atoms with van der Waals surface area (Å²) in [5, 5.41) is 2.09. The van der Waals surface area contributed by atoms with Gasteiger partial charge in [0.2, 0.25) is 0 Å². The van der Waals surface area contributed by atoms with Crippen molar-refractivity contribution < 1.29 is 23.2 Å². The molecule has 5 heteroatoms. The summed E-state index contributed by atoms with van der Waals surface area (Å²) in [6.07, 6.45) is -3.38. The molecule has 0 aliphatic rings. The molecule has 0 unspecified atom stereocenters. The average Bonchev–Trinajstić information content (AvgIpc) is 2.51. The van der Waals surface area contributed by atoms with Gasteiger partial charge in [-0.15, -0.1) is 0 Å². The van der Waals surface area contributed by atoms with Gasteiger partial charge in [0.1, 0.15) is 12.3 Å². The van der Waals surface area contributed by atoms with Crippen molar-refractivity contribution in [3.8, 4) is 5.75 Å². The molecule has 0 saturated carbocycles. The van der Waals surface area contributed by atoms with Crippen LogP contribution >= 0.6 is 0 Å². The number of alkyl halides is 3. The van der Waals surface area contributed by atoms with E-state index in [0.29, 0.717) is 6.54 Å². The topological polar surface area (TPSA) is 25.8 Å². The summed E-state index contributed by atoms with van der Waals surface area (Å²) in [7, 11) is 1.63. The Kier molecular flexibility index (Phi) is 5.44. The minimum absolute atomic E-state index is 0.604. The SMILES string of the molecule is COc1cccc(CC[NH2+]Cc2ccc(C(F)(F)F)cc2)c1. The predicted molar refractivity (Wildman–Crippen MR) is 78.6 cm³/mol. The molecule has 0 heterocycles. The van der Waals surface area contributed by atoms with E-state index in [9.17, 15) is 13.2 Å². The van der Waals surface area contributed by atoms with Gasteiger partial charge in [0, 0.05) is 12.0 Å². The van der Waals surface area contributed by atoms with Crippen LogP contribution in [0, 0.1) is 0 Å². The molecule has 22 heavy (non-hydrogen) atoms. The van der Waals surface area contributed by atoms with E-state index in [2.05, 4.69) is 5.32 Å². The zero-order valence-corrected chi connectivity index (χ0v) is 12.4. The Hall–Kier alpha value is -2.01. The van der Waals surface area contributed by atoms with Gasteiger partial charge in [-0.1, -0.05) is 24.3 Å². The molecule has 0 amide bonds. The fourth-order valence-electron chi connectivity index (χ4n) is 2.20. The number of ether oxygens (including phenoxy) is 1. The summed E-state index contributed by atoms with van der Waals surface area (Å²) in [5.41, 5.74) is 1.47. The van der Waals surface area contributed by atoms with Gasteiger partial charge in [-0.05, 0) is 29.8 Å². The van der Waals surface area contributed by atoms with Crippen LogP contribution in [-0.4, -0.2) is 13.7 Å². The highest BCUT2D eigenvalue weighted by molar-refractivity contribution is 5.28. The van der Waals surface area contributed by atoms with Crippen molar-refractivity contribution in [1.29, 1.82) is 0 Å². The van der Waals surface area contributed by atoms with E-state index in [4.69, 9.17) is 4.74 Å². The predicted octanol–water partition coefficient (Wildman–Crippen LogP) is 3.02. The Morgan fingerprint density at radius 3 is 2.36 bits per heavy atom. The normalized spacial score (nSPS) is 11.5. The molecule has 0 spiro atoms. The quantitative estimate of drug-likeness (QED) is 0.816.